The predicted octanol–water partition coefficient (Wildman–Crippen LogP) is 8.42. The van der Waals surface area contributed by atoms with E-state index in [4.69, 9.17) is 14.5 Å². The van der Waals surface area contributed by atoms with Gasteiger partial charge in [-0.2, -0.15) is 0 Å². The van der Waals surface area contributed by atoms with Gasteiger partial charge >= 0.3 is 5.97 Å². The number of hydrogen-bond acceptors (Lipinski definition) is 5. The van der Waals surface area contributed by atoms with E-state index in [2.05, 4.69) is 81.5 Å². The molecule has 1 aromatic heterocycles. The Morgan fingerprint density at radius 1 is 1.00 bits per heavy atom. The summed E-state index contributed by atoms with van der Waals surface area (Å²) in [7, 11) is 2.15. The first kappa shape index (κ1) is 29.5. The summed E-state index contributed by atoms with van der Waals surface area (Å²) in [6.45, 7) is 12.6. The minimum atomic E-state index is -0.210. The lowest BCUT2D eigenvalue weighted by molar-refractivity contribution is 0.0499. The molecule has 0 amide bonds. The number of fused-ring (bicyclic) bond motifs is 2. The molecule has 222 valence electrons. The van der Waals surface area contributed by atoms with Gasteiger partial charge in [-0.1, -0.05) is 47.1 Å². The molecule has 2 aliphatic rings. The van der Waals surface area contributed by atoms with Gasteiger partial charge in [0.1, 0.15) is 5.75 Å². The molecule has 5 rings (SSSR count). The first-order valence-electron chi connectivity index (χ1n) is 15.9. The number of esters is 1. The number of anilines is 1. The lowest BCUT2D eigenvalue weighted by Crippen LogP contribution is -2.43. The van der Waals surface area contributed by atoms with Crippen LogP contribution < -0.4 is 9.64 Å². The van der Waals surface area contributed by atoms with Gasteiger partial charge in [-0.25, -0.2) is 9.78 Å². The zero-order chi connectivity index (χ0) is 29.1. The Bertz CT molecular complexity index is 1350. The molecule has 6 heteroatoms. The van der Waals surface area contributed by atoms with Crippen molar-refractivity contribution >= 4 is 23.0 Å². The molecule has 6 nitrogen and oxygen atoms in total. The predicted molar refractivity (Wildman–Crippen MR) is 167 cm³/mol. The number of ether oxygens (including phenoxy) is 2. The molecule has 0 spiro atoms. The molecule has 1 saturated carbocycles. The van der Waals surface area contributed by atoms with Crippen LogP contribution in [0.25, 0.3) is 11.0 Å². The quantitative estimate of drug-likeness (QED) is 0.184. The lowest BCUT2D eigenvalue weighted by Gasteiger charge is -2.44. The highest BCUT2D eigenvalue weighted by Gasteiger charge is 2.39. The van der Waals surface area contributed by atoms with Crippen LogP contribution in [-0.2, 0) is 18.2 Å². The van der Waals surface area contributed by atoms with Crippen molar-refractivity contribution in [2.75, 3.05) is 18.1 Å². The number of imidazole rings is 1. The Morgan fingerprint density at radius 3 is 2.49 bits per heavy atom. The van der Waals surface area contributed by atoms with Gasteiger partial charge in [-0.05, 0) is 98.1 Å². The molecule has 1 unspecified atom stereocenters. The van der Waals surface area contributed by atoms with Crippen LogP contribution in [0.3, 0.4) is 0 Å². The van der Waals surface area contributed by atoms with E-state index in [-0.39, 0.29) is 12.0 Å². The van der Waals surface area contributed by atoms with Crippen LogP contribution in [0.5, 0.6) is 5.75 Å². The van der Waals surface area contributed by atoms with Gasteiger partial charge in [0, 0.05) is 19.2 Å². The maximum Gasteiger partial charge on any atom is 0.338 e. The van der Waals surface area contributed by atoms with Gasteiger partial charge in [-0.15, -0.1) is 0 Å². The number of benzene rings is 2. The maximum atomic E-state index is 12.7. The molecule has 0 aliphatic heterocycles. The minimum Gasteiger partial charge on any atom is -0.494 e. The highest BCUT2D eigenvalue weighted by atomic mass is 16.5. The third-order valence-electron chi connectivity index (χ3n) is 9.34. The van der Waals surface area contributed by atoms with Crippen molar-refractivity contribution in [2.45, 2.75) is 104 Å². The van der Waals surface area contributed by atoms with Crippen molar-refractivity contribution in [2.24, 2.45) is 18.4 Å². The normalized spacial score (nSPS) is 20.7. The van der Waals surface area contributed by atoms with E-state index in [0.29, 0.717) is 30.2 Å². The van der Waals surface area contributed by atoms with Gasteiger partial charge in [0.15, 0.2) is 0 Å². The standard InChI is InChI=1S/C35H49N3O3/c1-7-9-21-41-33(39)25-10-17-29-24(22-25)11-18-31(29)38(27-14-12-26(13-15-27)35(3,4)5)34-36-30-23-28(40-20-8-2)16-19-32(30)37(34)6/h10,16-17,19,22-23,26-27,31H,7-9,11-15,18,20-21H2,1-6H3. The van der Waals surface area contributed by atoms with Crippen LogP contribution in [0.4, 0.5) is 5.95 Å². The summed E-state index contributed by atoms with van der Waals surface area (Å²) >= 11 is 0. The molecule has 1 atom stereocenters. The van der Waals surface area contributed by atoms with Crippen molar-refractivity contribution in [1.82, 2.24) is 9.55 Å². The van der Waals surface area contributed by atoms with Crippen molar-refractivity contribution in [3.8, 4) is 5.75 Å². The number of aromatic nitrogens is 2. The number of unbranched alkanes of at least 4 members (excludes halogenated alkanes) is 1. The van der Waals surface area contributed by atoms with E-state index in [9.17, 15) is 4.79 Å². The summed E-state index contributed by atoms with van der Waals surface area (Å²) in [4.78, 5) is 20.6. The smallest absolute Gasteiger partial charge is 0.338 e. The Kier molecular flexibility index (Phi) is 8.96. The fraction of sp³-hybridized carbons (Fsp3) is 0.600. The zero-order valence-electron chi connectivity index (χ0n) is 26.0. The van der Waals surface area contributed by atoms with Crippen molar-refractivity contribution in [3.05, 3.63) is 53.1 Å². The van der Waals surface area contributed by atoms with E-state index < -0.39 is 0 Å². The van der Waals surface area contributed by atoms with Crippen LogP contribution in [0.15, 0.2) is 36.4 Å². The molecule has 3 aromatic rings. The average Bonchev–Trinajstić information content (AvgIpc) is 3.52. The number of hydrogen-bond donors (Lipinski definition) is 0. The number of carbonyl (C=O) groups is 1. The van der Waals surface area contributed by atoms with Crippen LogP contribution >= 0.6 is 0 Å². The molecule has 1 heterocycles. The molecule has 41 heavy (non-hydrogen) atoms. The van der Waals surface area contributed by atoms with E-state index in [0.717, 1.165) is 60.8 Å². The van der Waals surface area contributed by atoms with E-state index >= 15 is 0 Å². The third kappa shape index (κ3) is 6.27. The van der Waals surface area contributed by atoms with E-state index in [1.54, 1.807) is 0 Å². The van der Waals surface area contributed by atoms with Gasteiger partial charge in [0.05, 0.1) is 35.9 Å². The Morgan fingerprint density at radius 2 is 1.78 bits per heavy atom. The van der Waals surface area contributed by atoms with Crippen molar-refractivity contribution < 1.29 is 14.3 Å². The molecule has 0 N–H and O–H groups in total. The van der Waals surface area contributed by atoms with Crippen LogP contribution in [0, 0.1) is 11.3 Å². The summed E-state index contributed by atoms with van der Waals surface area (Å²) < 4.78 is 13.7. The van der Waals surface area contributed by atoms with Gasteiger partial charge in [-0.3, -0.25) is 0 Å². The Labute approximate surface area is 246 Å². The largest absolute Gasteiger partial charge is 0.494 e. The second kappa shape index (κ2) is 12.5. The molecular weight excluding hydrogens is 510 g/mol. The number of carbonyl (C=O) groups excluding carboxylic acids is 1. The zero-order valence-corrected chi connectivity index (χ0v) is 26.0. The molecule has 0 saturated heterocycles. The van der Waals surface area contributed by atoms with Gasteiger partial charge < -0.3 is 18.9 Å². The third-order valence-corrected chi connectivity index (χ3v) is 9.34. The molecule has 0 bridgehead atoms. The highest BCUT2D eigenvalue weighted by Crippen LogP contribution is 2.45. The molecule has 2 aromatic carbocycles. The van der Waals surface area contributed by atoms with Crippen molar-refractivity contribution in [3.63, 3.8) is 0 Å². The van der Waals surface area contributed by atoms with Gasteiger partial charge in [0.2, 0.25) is 5.95 Å². The summed E-state index contributed by atoms with van der Waals surface area (Å²) in [5.74, 6) is 2.45. The van der Waals surface area contributed by atoms with Crippen LogP contribution in [-0.4, -0.2) is 34.8 Å². The number of aryl methyl sites for hydroxylation is 2. The lowest BCUT2D eigenvalue weighted by atomic mass is 9.71. The van der Waals surface area contributed by atoms with Crippen LogP contribution in [0.2, 0.25) is 0 Å². The number of rotatable bonds is 10. The topological polar surface area (TPSA) is 56.6 Å². The van der Waals surface area contributed by atoms with Gasteiger partial charge in [0.25, 0.3) is 0 Å². The fourth-order valence-electron chi connectivity index (χ4n) is 6.89. The first-order valence-corrected chi connectivity index (χ1v) is 15.9. The SMILES string of the molecule is CCCCOC(=O)c1ccc2c(c1)CCC2N(c1nc2cc(OCCC)ccc2n1C)C1CCC(C(C)(C)C)CC1. The summed E-state index contributed by atoms with van der Waals surface area (Å²) in [6, 6.07) is 13.2. The molecular formula is C35H49N3O3. The Balaban J connectivity index is 1.48. The maximum absolute atomic E-state index is 12.7. The van der Waals surface area contributed by atoms with E-state index in [1.807, 2.05) is 6.07 Å². The first-order chi connectivity index (χ1) is 19.7. The second-order valence-corrected chi connectivity index (χ2v) is 13.2. The highest BCUT2D eigenvalue weighted by molar-refractivity contribution is 5.90. The summed E-state index contributed by atoms with van der Waals surface area (Å²) in [6.07, 6.45) is 9.71. The van der Waals surface area contributed by atoms with Crippen LogP contribution in [0.1, 0.15) is 114 Å². The monoisotopic (exact) mass is 559 g/mol. The molecule has 1 fully saturated rings. The average molecular weight is 560 g/mol. The fourth-order valence-corrected chi connectivity index (χ4v) is 6.89. The van der Waals surface area contributed by atoms with Crippen molar-refractivity contribution in [1.29, 1.82) is 0 Å². The minimum absolute atomic E-state index is 0.210. The summed E-state index contributed by atoms with van der Waals surface area (Å²) in [5.41, 5.74) is 5.70. The summed E-state index contributed by atoms with van der Waals surface area (Å²) in [5, 5.41) is 0. The van der Waals surface area contributed by atoms with E-state index in [1.165, 1.54) is 36.8 Å². The Hall–Kier alpha value is -3.02. The second-order valence-electron chi connectivity index (χ2n) is 13.2. The molecule has 2 aliphatic carbocycles. The molecule has 0 radical (unpaired) electrons. The number of nitrogens with zero attached hydrogens (tertiary/aromatic N) is 3.